The maximum absolute atomic E-state index is 12.4. The van der Waals surface area contributed by atoms with Gasteiger partial charge < -0.3 is 4.52 Å². The van der Waals surface area contributed by atoms with Crippen LogP contribution in [0.5, 0.6) is 0 Å². The number of halogens is 1. The lowest BCUT2D eigenvalue weighted by Crippen LogP contribution is -2.48. The minimum atomic E-state index is -3.50. The summed E-state index contributed by atoms with van der Waals surface area (Å²) in [5, 5.41) is 3.93. The van der Waals surface area contributed by atoms with E-state index >= 15 is 0 Å². The molecule has 0 bridgehead atoms. The van der Waals surface area contributed by atoms with Crippen LogP contribution in [-0.2, 0) is 10.0 Å². The molecule has 0 aliphatic carbocycles. The molecule has 3 aromatic heterocycles. The molecule has 0 aromatic carbocycles. The summed E-state index contributed by atoms with van der Waals surface area (Å²) < 4.78 is 32.2. The Bertz CT molecular complexity index is 965. The van der Waals surface area contributed by atoms with Gasteiger partial charge in [-0.15, -0.1) is 11.3 Å². The summed E-state index contributed by atoms with van der Waals surface area (Å²) in [6.07, 6.45) is 3.31. The lowest BCUT2D eigenvalue weighted by molar-refractivity contribution is 0.217. The van der Waals surface area contributed by atoms with Crippen molar-refractivity contribution in [3.05, 3.63) is 46.9 Å². The Balaban J connectivity index is 1.47. The Hall–Kier alpha value is -1.81. The summed E-state index contributed by atoms with van der Waals surface area (Å²) in [6, 6.07) is 6.71. The third-order valence-electron chi connectivity index (χ3n) is 3.70. The molecule has 1 aliphatic heterocycles. The zero-order chi connectivity index (χ0) is 16.7. The van der Waals surface area contributed by atoms with E-state index in [0.717, 1.165) is 16.9 Å². The number of pyridine rings is 1. The van der Waals surface area contributed by atoms with Gasteiger partial charge in [0.1, 0.15) is 4.21 Å². The van der Waals surface area contributed by atoms with Gasteiger partial charge in [-0.1, -0.05) is 16.8 Å². The summed E-state index contributed by atoms with van der Waals surface area (Å²) in [6.45, 7) is 0.624. The van der Waals surface area contributed by atoms with E-state index < -0.39 is 10.0 Å². The minimum absolute atomic E-state index is 0.104. The Labute approximate surface area is 147 Å². The Morgan fingerprint density at radius 3 is 2.79 bits per heavy atom. The highest BCUT2D eigenvalue weighted by molar-refractivity contribution is 7.91. The van der Waals surface area contributed by atoms with E-state index in [2.05, 4.69) is 15.1 Å². The second kappa shape index (κ2) is 5.92. The Kier molecular flexibility index (Phi) is 3.87. The molecule has 1 fully saturated rings. The van der Waals surface area contributed by atoms with Crippen LogP contribution >= 0.6 is 22.9 Å². The predicted molar refractivity (Wildman–Crippen MR) is 88.4 cm³/mol. The Morgan fingerprint density at radius 2 is 2.12 bits per heavy atom. The first-order valence-electron chi connectivity index (χ1n) is 7.03. The Morgan fingerprint density at radius 1 is 1.29 bits per heavy atom. The van der Waals surface area contributed by atoms with E-state index in [1.54, 1.807) is 24.5 Å². The molecule has 10 heteroatoms. The SMILES string of the molecule is O=S(=O)(c1ccc(Cl)s1)N1CC(c2nc(-c3cccnc3)no2)C1. The van der Waals surface area contributed by atoms with Gasteiger partial charge in [0.2, 0.25) is 11.7 Å². The summed E-state index contributed by atoms with van der Waals surface area (Å²) >= 11 is 6.86. The summed E-state index contributed by atoms with van der Waals surface area (Å²) in [4.78, 5) is 8.35. The van der Waals surface area contributed by atoms with Crippen LogP contribution in [-0.4, -0.2) is 40.9 Å². The monoisotopic (exact) mass is 382 g/mol. The number of hydrogen-bond acceptors (Lipinski definition) is 7. The van der Waals surface area contributed by atoms with Gasteiger partial charge in [-0.05, 0) is 24.3 Å². The van der Waals surface area contributed by atoms with Crippen molar-refractivity contribution in [3.63, 3.8) is 0 Å². The molecule has 4 rings (SSSR count). The van der Waals surface area contributed by atoms with Gasteiger partial charge in [0.15, 0.2) is 0 Å². The minimum Gasteiger partial charge on any atom is -0.339 e. The van der Waals surface area contributed by atoms with Crippen LogP contribution in [0.4, 0.5) is 0 Å². The number of aromatic nitrogens is 3. The van der Waals surface area contributed by atoms with Crippen molar-refractivity contribution < 1.29 is 12.9 Å². The lowest BCUT2D eigenvalue weighted by atomic mass is 10.0. The molecular formula is C14H11ClN4O3S2. The first kappa shape index (κ1) is 15.7. The van der Waals surface area contributed by atoms with Crippen molar-refractivity contribution >= 4 is 33.0 Å². The zero-order valence-electron chi connectivity index (χ0n) is 12.2. The number of nitrogens with zero attached hydrogens (tertiary/aromatic N) is 4. The van der Waals surface area contributed by atoms with Gasteiger partial charge in [0, 0.05) is 31.0 Å². The normalized spacial score (nSPS) is 16.2. The second-order valence-corrected chi connectivity index (χ2v) is 9.16. The molecule has 0 saturated carbocycles. The first-order chi connectivity index (χ1) is 11.5. The van der Waals surface area contributed by atoms with Crippen LogP contribution in [0.3, 0.4) is 0 Å². The fraction of sp³-hybridized carbons (Fsp3) is 0.214. The average Bonchev–Trinajstić information content (AvgIpc) is 3.16. The number of sulfonamides is 1. The van der Waals surface area contributed by atoms with Crippen LogP contribution in [0.1, 0.15) is 11.8 Å². The van der Waals surface area contributed by atoms with Crippen LogP contribution in [0.25, 0.3) is 11.4 Å². The molecule has 7 nitrogen and oxygen atoms in total. The smallest absolute Gasteiger partial charge is 0.252 e. The lowest BCUT2D eigenvalue weighted by Gasteiger charge is -2.35. The molecule has 0 N–H and O–H groups in total. The molecular weight excluding hydrogens is 372 g/mol. The van der Waals surface area contributed by atoms with Crippen molar-refractivity contribution in [3.8, 4) is 11.4 Å². The van der Waals surface area contributed by atoms with Crippen molar-refractivity contribution in [2.24, 2.45) is 0 Å². The van der Waals surface area contributed by atoms with E-state index in [4.69, 9.17) is 16.1 Å². The van der Waals surface area contributed by atoms with E-state index in [1.807, 2.05) is 6.07 Å². The summed E-state index contributed by atoms with van der Waals surface area (Å²) in [7, 11) is -3.50. The third-order valence-corrected chi connectivity index (χ3v) is 7.23. The molecule has 3 aromatic rings. The largest absolute Gasteiger partial charge is 0.339 e. The first-order valence-corrected chi connectivity index (χ1v) is 9.67. The fourth-order valence-corrected chi connectivity index (χ4v) is 5.54. The number of hydrogen-bond donors (Lipinski definition) is 0. The molecule has 24 heavy (non-hydrogen) atoms. The van der Waals surface area contributed by atoms with Crippen molar-refractivity contribution in [1.29, 1.82) is 0 Å². The molecule has 0 amide bonds. The van der Waals surface area contributed by atoms with Crippen LogP contribution < -0.4 is 0 Å². The molecule has 124 valence electrons. The van der Waals surface area contributed by atoms with Crippen molar-refractivity contribution in [1.82, 2.24) is 19.4 Å². The van der Waals surface area contributed by atoms with Crippen LogP contribution in [0, 0.1) is 0 Å². The maximum atomic E-state index is 12.4. The molecule has 0 radical (unpaired) electrons. The highest BCUT2D eigenvalue weighted by Gasteiger charge is 2.41. The highest BCUT2D eigenvalue weighted by atomic mass is 35.5. The molecule has 0 atom stereocenters. The molecule has 1 aliphatic rings. The molecule has 4 heterocycles. The topological polar surface area (TPSA) is 89.2 Å². The van der Waals surface area contributed by atoms with E-state index in [0.29, 0.717) is 29.1 Å². The molecule has 1 saturated heterocycles. The van der Waals surface area contributed by atoms with Gasteiger partial charge in [-0.2, -0.15) is 9.29 Å². The summed E-state index contributed by atoms with van der Waals surface area (Å²) in [5.41, 5.74) is 0.754. The number of thiophene rings is 1. The van der Waals surface area contributed by atoms with Crippen molar-refractivity contribution in [2.45, 2.75) is 10.1 Å². The highest BCUT2D eigenvalue weighted by Crippen LogP contribution is 2.35. The van der Waals surface area contributed by atoms with Gasteiger partial charge >= 0.3 is 0 Å². The molecule has 0 spiro atoms. The van der Waals surface area contributed by atoms with Crippen molar-refractivity contribution in [2.75, 3.05) is 13.1 Å². The standard InChI is InChI=1S/C14H11ClN4O3S2/c15-11-3-4-12(23-11)24(20,21)19-7-10(8-19)14-17-13(18-22-14)9-2-1-5-16-6-9/h1-6,10H,7-8H2. The van der Waals surface area contributed by atoms with Gasteiger partial charge in [-0.25, -0.2) is 8.42 Å². The van der Waals surface area contributed by atoms with E-state index in [1.165, 1.54) is 10.4 Å². The number of rotatable bonds is 4. The second-order valence-electron chi connectivity index (χ2n) is 5.28. The molecule has 0 unspecified atom stereocenters. The quantitative estimate of drug-likeness (QED) is 0.689. The zero-order valence-corrected chi connectivity index (χ0v) is 14.6. The maximum Gasteiger partial charge on any atom is 0.252 e. The fourth-order valence-electron chi connectivity index (χ4n) is 2.37. The average molecular weight is 383 g/mol. The predicted octanol–water partition coefficient (Wildman–Crippen LogP) is 2.63. The summed E-state index contributed by atoms with van der Waals surface area (Å²) in [5.74, 6) is 0.780. The van der Waals surface area contributed by atoms with Gasteiger partial charge in [0.25, 0.3) is 10.0 Å². The van der Waals surface area contributed by atoms with Crippen LogP contribution in [0.2, 0.25) is 4.34 Å². The van der Waals surface area contributed by atoms with Crippen LogP contribution in [0.15, 0.2) is 45.4 Å². The van der Waals surface area contributed by atoms with E-state index in [9.17, 15) is 8.42 Å². The van der Waals surface area contributed by atoms with Gasteiger partial charge in [0.05, 0.1) is 10.3 Å². The third kappa shape index (κ3) is 2.73. The van der Waals surface area contributed by atoms with E-state index in [-0.39, 0.29) is 10.1 Å². The van der Waals surface area contributed by atoms with Gasteiger partial charge in [-0.3, -0.25) is 4.98 Å².